The molecular formula is C16H14F3N3. The van der Waals surface area contributed by atoms with E-state index < -0.39 is 11.7 Å². The predicted octanol–water partition coefficient (Wildman–Crippen LogP) is 3.88. The second kappa shape index (κ2) is 5.36. The molecule has 0 unspecified atom stereocenters. The van der Waals surface area contributed by atoms with E-state index in [4.69, 9.17) is 5.73 Å². The minimum Gasteiger partial charge on any atom is -0.397 e. The Hall–Kier alpha value is -2.50. The number of fused-ring (bicyclic) bond motifs is 1. The van der Waals surface area contributed by atoms with E-state index in [2.05, 4.69) is 4.98 Å². The zero-order valence-electron chi connectivity index (χ0n) is 11.6. The van der Waals surface area contributed by atoms with Gasteiger partial charge in [0.05, 0.1) is 28.6 Å². The molecule has 2 N–H and O–H groups in total. The molecular weight excluding hydrogens is 291 g/mol. The SMILES string of the molecule is Nc1cc(C(F)(F)F)cc2ncn(CCc3ccccc3)c12. The van der Waals surface area contributed by atoms with Crippen LogP contribution in [0.3, 0.4) is 0 Å². The van der Waals surface area contributed by atoms with E-state index in [0.717, 1.165) is 24.1 Å². The Morgan fingerprint density at radius 2 is 1.82 bits per heavy atom. The van der Waals surface area contributed by atoms with Gasteiger partial charge in [0.15, 0.2) is 0 Å². The number of nitrogen functional groups attached to an aromatic ring is 1. The van der Waals surface area contributed by atoms with Crippen molar-refractivity contribution in [3.05, 3.63) is 59.9 Å². The number of halogens is 3. The van der Waals surface area contributed by atoms with E-state index in [9.17, 15) is 13.2 Å². The number of hydrogen-bond acceptors (Lipinski definition) is 2. The Morgan fingerprint density at radius 1 is 1.09 bits per heavy atom. The lowest BCUT2D eigenvalue weighted by Crippen LogP contribution is -2.07. The number of aryl methyl sites for hydroxylation is 2. The van der Waals surface area contributed by atoms with Crippen LogP contribution in [-0.4, -0.2) is 9.55 Å². The van der Waals surface area contributed by atoms with Crippen molar-refractivity contribution in [2.45, 2.75) is 19.1 Å². The zero-order chi connectivity index (χ0) is 15.7. The first-order valence-corrected chi connectivity index (χ1v) is 6.80. The number of rotatable bonds is 3. The van der Waals surface area contributed by atoms with Crippen LogP contribution < -0.4 is 5.73 Å². The van der Waals surface area contributed by atoms with Crippen LogP contribution >= 0.6 is 0 Å². The Morgan fingerprint density at radius 3 is 2.50 bits per heavy atom. The molecule has 2 aromatic carbocycles. The van der Waals surface area contributed by atoms with Gasteiger partial charge in [0, 0.05) is 6.54 Å². The van der Waals surface area contributed by atoms with Crippen molar-refractivity contribution in [1.82, 2.24) is 9.55 Å². The lowest BCUT2D eigenvalue weighted by Gasteiger charge is -2.10. The van der Waals surface area contributed by atoms with Crippen LogP contribution in [0.4, 0.5) is 18.9 Å². The van der Waals surface area contributed by atoms with Crippen molar-refractivity contribution >= 4 is 16.7 Å². The largest absolute Gasteiger partial charge is 0.416 e. The fraction of sp³-hybridized carbons (Fsp3) is 0.188. The first-order chi connectivity index (χ1) is 10.4. The maximum absolute atomic E-state index is 12.8. The Kier molecular flexibility index (Phi) is 3.52. The van der Waals surface area contributed by atoms with Gasteiger partial charge in [0.1, 0.15) is 0 Å². The molecule has 0 saturated carbocycles. The Balaban J connectivity index is 1.92. The van der Waals surface area contributed by atoms with Crippen LogP contribution in [0.15, 0.2) is 48.8 Å². The first-order valence-electron chi connectivity index (χ1n) is 6.80. The fourth-order valence-electron chi connectivity index (χ4n) is 2.47. The third kappa shape index (κ3) is 2.77. The van der Waals surface area contributed by atoms with Crippen molar-refractivity contribution in [1.29, 1.82) is 0 Å². The molecule has 0 spiro atoms. The van der Waals surface area contributed by atoms with E-state index in [1.807, 2.05) is 30.3 Å². The van der Waals surface area contributed by atoms with Gasteiger partial charge < -0.3 is 10.3 Å². The highest BCUT2D eigenvalue weighted by atomic mass is 19.4. The van der Waals surface area contributed by atoms with Gasteiger partial charge in [-0.1, -0.05) is 30.3 Å². The van der Waals surface area contributed by atoms with Crippen molar-refractivity contribution < 1.29 is 13.2 Å². The summed E-state index contributed by atoms with van der Waals surface area (Å²) in [4.78, 5) is 4.05. The van der Waals surface area contributed by atoms with Gasteiger partial charge in [0.2, 0.25) is 0 Å². The molecule has 22 heavy (non-hydrogen) atoms. The quantitative estimate of drug-likeness (QED) is 0.746. The number of nitrogens with zero attached hydrogens (tertiary/aromatic N) is 2. The third-order valence-electron chi connectivity index (χ3n) is 3.55. The molecule has 1 heterocycles. The summed E-state index contributed by atoms with van der Waals surface area (Å²) in [5, 5.41) is 0. The van der Waals surface area contributed by atoms with Crippen LogP contribution in [0, 0.1) is 0 Å². The monoisotopic (exact) mass is 305 g/mol. The molecule has 114 valence electrons. The Labute approximate surface area is 125 Å². The van der Waals surface area contributed by atoms with Gasteiger partial charge in [-0.2, -0.15) is 13.2 Å². The van der Waals surface area contributed by atoms with Gasteiger partial charge in [-0.15, -0.1) is 0 Å². The average molecular weight is 305 g/mol. The molecule has 6 heteroatoms. The highest BCUT2D eigenvalue weighted by molar-refractivity contribution is 5.88. The number of benzene rings is 2. The number of anilines is 1. The zero-order valence-corrected chi connectivity index (χ0v) is 11.6. The first kappa shape index (κ1) is 14.4. The van der Waals surface area contributed by atoms with Gasteiger partial charge in [-0.3, -0.25) is 0 Å². The lowest BCUT2D eigenvalue weighted by molar-refractivity contribution is -0.137. The summed E-state index contributed by atoms with van der Waals surface area (Å²) in [5.41, 5.74) is 7.09. The van der Waals surface area contributed by atoms with Crippen molar-refractivity contribution in [3.8, 4) is 0 Å². The standard InChI is InChI=1S/C16H14F3N3/c17-16(18,19)12-8-13(20)15-14(9-12)21-10-22(15)7-6-11-4-2-1-3-5-11/h1-5,8-10H,6-7,20H2. The van der Waals surface area contributed by atoms with E-state index >= 15 is 0 Å². The van der Waals surface area contributed by atoms with Gasteiger partial charge in [-0.05, 0) is 24.1 Å². The smallest absolute Gasteiger partial charge is 0.397 e. The summed E-state index contributed by atoms with van der Waals surface area (Å²) in [6, 6.07) is 11.8. The molecule has 0 radical (unpaired) electrons. The fourth-order valence-corrected chi connectivity index (χ4v) is 2.47. The molecule has 3 nitrogen and oxygen atoms in total. The predicted molar refractivity (Wildman–Crippen MR) is 79.3 cm³/mol. The number of hydrogen-bond donors (Lipinski definition) is 1. The van der Waals surface area contributed by atoms with Gasteiger partial charge in [-0.25, -0.2) is 4.98 Å². The molecule has 0 bridgehead atoms. The highest BCUT2D eigenvalue weighted by Crippen LogP contribution is 2.34. The minimum absolute atomic E-state index is 0.0930. The second-order valence-corrected chi connectivity index (χ2v) is 5.10. The van der Waals surface area contributed by atoms with Crippen molar-refractivity contribution in [2.24, 2.45) is 0 Å². The van der Waals surface area contributed by atoms with Crippen LogP contribution in [0.1, 0.15) is 11.1 Å². The molecule has 0 aliphatic carbocycles. The van der Waals surface area contributed by atoms with Crippen molar-refractivity contribution in [2.75, 3.05) is 5.73 Å². The molecule has 3 aromatic rings. The van der Waals surface area contributed by atoms with E-state index in [0.29, 0.717) is 12.1 Å². The summed E-state index contributed by atoms with van der Waals surface area (Å²) in [7, 11) is 0. The molecule has 0 fully saturated rings. The average Bonchev–Trinajstić information content (AvgIpc) is 2.89. The van der Waals surface area contributed by atoms with Crippen LogP contribution in [0.2, 0.25) is 0 Å². The van der Waals surface area contributed by atoms with E-state index in [1.54, 1.807) is 4.57 Å². The number of aromatic nitrogens is 2. The Bertz CT molecular complexity index is 791. The molecule has 1 aromatic heterocycles. The molecule has 0 atom stereocenters. The van der Waals surface area contributed by atoms with Crippen LogP contribution in [0.25, 0.3) is 11.0 Å². The summed E-state index contributed by atoms with van der Waals surface area (Å²) >= 11 is 0. The van der Waals surface area contributed by atoms with Gasteiger partial charge >= 0.3 is 6.18 Å². The third-order valence-corrected chi connectivity index (χ3v) is 3.55. The van der Waals surface area contributed by atoms with Crippen molar-refractivity contribution in [3.63, 3.8) is 0 Å². The maximum Gasteiger partial charge on any atom is 0.416 e. The van der Waals surface area contributed by atoms with Crippen LogP contribution in [-0.2, 0) is 19.1 Å². The molecule has 3 rings (SSSR count). The molecule has 0 amide bonds. The summed E-state index contributed by atoms with van der Waals surface area (Å²) in [6.45, 7) is 0.607. The normalized spacial score (nSPS) is 12.0. The summed E-state index contributed by atoms with van der Waals surface area (Å²) in [6.07, 6.45) is -2.13. The number of imidazole rings is 1. The summed E-state index contributed by atoms with van der Waals surface area (Å²) < 4.78 is 40.1. The second-order valence-electron chi connectivity index (χ2n) is 5.10. The van der Waals surface area contributed by atoms with E-state index in [-0.39, 0.29) is 11.2 Å². The van der Waals surface area contributed by atoms with Crippen LogP contribution in [0.5, 0.6) is 0 Å². The number of nitrogens with two attached hydrogens (primary N) is 1. The topological polar surface area (TPSA) is 43.8 Å². The minimum atomic E-state index is -4.42. The molecule has 0 aliphatic heterocycles. The van der Waals surface area contributed by atoms with E-state index in [1.165, 1.54) is 6.33 Å². The summed E-state index contributed by atoms with van der Waals surface area (Å²) in [5.74, 6) is 0. The highest BCUT2D eigenvalue weighted by Gasteiger charge is 2.31. The molecule has 0 saturated heterocycles. The molecule has 0 aliphatic rings. The van der Waals surface area contributed by atoms with Gasteiger partial charge in [0.25, 0.3) is 0 Å². The lowest BCUT2D eigenvalue weighted by atomic mass is 10.1. The number of alkyl halides is 3. The maximum atomic E-state index is 12.8.